The fraction of sp³-hybridized carbons (Fsp3) is 0.333. The largest absolute Gasteiger partial charge is 0.345 e. The van der Waals surface area contributed by atoms with Crippen LogP contribution in [0, 0.1) is 19.7 Å². The Morgan fingerprint density at radius 3 is 2.65 bits per heavy atom. The van der Waals surface area contributed by atoms with Crippen LogP contribution in [0.25, 0.3) is 0 Å². The van der Waals surface area contributed by atoms with Gasteiger partial charge in [0.2, 0.25) is 0 Å². The van der Waals surface area contributed by atoms with E-state index in [4.69, 9.17) is 0 Å². The third-order valence-corrected chi connectivity index (χ3v) is 3.43. The van der Waals surface area contributed by atoms with Gasteiger partial charge in [-0.3, -0.25) is 9.48 Å². The van der Waals surface area contributed by atoms with Crippen LogP contribution in [0.5, 0.6) is 0 Å². The first-order valence-corrected chi connectivity index (χ1v) is 6.46. The first-order valence-electron chi connectivity index (χ1n) is 6.46. The highest BCUT2D eigenvalue weighted by Gasteiger charge is 2.19. The smallest absolute Gasteiger partial charge is 0.255 e. The van der Waals surface area contributed by atoms with Crippen LogP contribution in [0.15, 0.2) is 24.3 Å². The maximum atomic E-state index is 13.2. The second-order valence-electron chi connectivity index (χ2n) is 4.92. The van der Waals surface area contributed by atoms with Gasteiger partial charge in [-0.05, 0) is 38.5 Å². The number of nitrogens with zero attached hydrogens (tertiary/aromatic N) is 2. The van der Waals surface area contributed by atoms with Gasteiger partial charge in [-0.1, -0.05) is 12.1 Å². The number of benzene rings is 1. The van der Waals surface area contributed by atoms with Crippen molar-refractivity contribution in [3.05, 3.63) is 52.6 Å². The van der Waals surface area contributed by atoms with E-state index in [1.807, 2.05) is 13.8 Å². The number of hydrogen-bond donors (Lipinski definition) is 1. The summed E-state index contributed by atoms with van der Waals surface area (Å²) in [7, 11) is 1.80. The molecule has 0 spiro atoms. The monoisotopic (exact) mass is 275 g/mol. The number of halogens is 1. The second kappa shape index (κ2) is 5.45. The minimum Gasteiger partial charge on any atom is -0.345 e. The SMILES string of the molecule is Cc1nn(C)c(C)c1C(=O)N[C@@H](C)c1cccc(F)c1. The molecule has 4 nitrogen and oxygen atoms in total. The molecule has 0 aliphatic carbocycles. The average molecular weight is 275 g/mol. The quantitative estimate of drug-likeness (QED) is 0.936. The molecule has 1 aromatic heterocycles. The van der Waals surface area contributed by atoms with Crippen LogP contribution in [0.2, 0.25) is 0 Å². The van der Waals surface area contributed by atoms with Crippen LogP contribution in [-0.2, 0) is 7.05 Å². The normalized spacial score (nSPS) is 12.2. The van der Waals surface area contributed by atoms with E-state index < -0.39 is 0 Å². The third-order valence-electron chi connectivity index (χ3n) is 3.43. The number of rotatable bonds is 3. The van der Waals surface area contributed by atoms with E-state index in [0.29, 0.717) is 11.3 Å². The van der Waals surface area contributed by atoms with Crippen LogP contribution >= 0.6 is 0 Å². The Labute approximate surface area is 117 Å². The van der Waals surface area contributed by atoms with Gasteiger partial charge in [0, 0.05) is 12.7 Å². The Balaban J connectivity index is 2.19. The lowest BCUT2D eigenvalue weighted by molar-refractivity contribution is 0.0938. The third kappa shape index (κ3) is 2.71. The Morgan fingerprint density at radius 1 is 1.40 bits per heavy atom. The lowest BCUT2D eigenvalue weighted by Crippen LogP contribution is -2.27. The van der Waals surface area contributed by atoms with Crippen molar-refractivity contribution in [1.82, 2.24) is 15.1 Å². The van der Waals surface area contributed by atoms with Crippen molar-refractivity contribution in [2.75, 3.05) is 0 Å². The predicted molar refractivity (Wildman–Crippen MR) is 75.0 cm³/mol. The van der Waals surface area contributed by atoms with Gasteiger partial charge in [-0.25, -0.2) is 4.39 Å². The Kier molecular flexibility index (Phi) is 3.88. The minimum absolute atomic E-state index is 0.190. The van der Waals surface area contributed by atoms with Crippen molar-refractivity contribution in [2.45, 2.75) is 26.8 Å². The molecule has 0 saturated carbocycles. The summed E-state index contributed by atoms with van der Waals surface area (Å²) in [6.45, 7) is 5.48. The molecule has 0 radical (unpaired) electrons. The molecule has 0 fully saturated rings. The maximum absolute atomic E-state index is 13.2. The highest BCUT2D eigenvalue weighted by molar-refractivity contribution is 5.96. The van der Waals surface area contributed by atoms with E-state index in [2.05, 4.69) is 10.4 Å². The van der Waals surface area contributed by atoms with Gasteiger partial charge >= 0.3 is 0 Å². The summed E-state index contributed by atoms with van der Waals surface area (Å²) < 4.78 is 14.9. The van der Waals surface area contributed by atoms with Gasteiger partial charge in [-0.15, -0.1) is 0 Å². The van der Waals surface area contributed by atoms with Crippen LogP contribution in [0.1, 0.15) is 40.3 Å². The van der Waals surface area contributed by atoms with Gasteiger partial charge in [0.15, 0.2) is 0 Å². The summed E-state index contributed by atoms with van der Waals surface area (Å²) in [5.74, 6) is -0.498. The standard InChI is InChI=1S/C15H18FN3O/c1-9(12-6-5-7-13(16)8-12)17-15(20)14-10(2)18-19(4)11(14)3/h5-9H,1-4H3,(H,17,20)/t9-/m0/s1. The molecule has 0 bridgehead atoms. The molecule has 1 N–H and O–H groups in total. The predicted octanol–water partition coefficient (Wildman–Crippen LogP) is 2.67. The highest BCUT2D eigenvalue weighted by Crippen LogP contribution is 2.17. The molecule has 1 atom stereocenters. The van der Waals surface area contributed by atoms with Gasteiger partial charge in [0.05, 0.1) is 17.3 Å². The van der Waals surface area contributed by atoms with Gasteiger partial charge in [0.25, 0.3) is 5.91 Å². The molecule has 106 valence electrons. The van der Waals surface area contributed by atoms with Crippen molar-refractivity contribution in [3.8, 4) is 0 Å². The van der Waals surface area contributed by atoms with Crippen LogP contribution in [-0.4, -0.2) is 15.7 Å². The molecule has 1 aromatic carbocycles. The molecular weight excluding hydrogens is 257 g/mol. The fourth-order valence-corrected chi connectivity index (χ4v) is 2.23. The molecule has 0 aliphatic heterocycles. The van der Waals surface area contributed by atoms with Crippen LogP contribution in [0.3, 0.4) is 0 Å². The minimum atomic E-state index is -0.308. The van der Waals surface area contributed by atoms with Gasteiger partial charge in [0.1, 0.15) is 5.82 Å². The number of carbonyl (C=O) groups excluding carboxylic acids is 1. The Morgan fingerprint density at radius 2 is 2.10 bits per heavy atom. The van der Waals surface area contributed by atoms with E-state index in [1.54, 1.807) is 30.8 Å². The molecular formula is C15H18FN3O. The summed E-state index contributed by atoms with van der Waals surface area (Å²) in [5.41, 5.74) is 2.81. The van der Waals surface area contributed by atoms with E-state index in [9.17, 15) is 9.18 Å². The molecule has 0 aliphatic rings. The Hall–Kier alpha value is -2.17. The fourth-order valence-electron chi connectivity index (χ4n) is 2.23. The summed E-state index contributed by atoms with van der Waals surface area (Å²) in [4.78, 5) is 12.3. The number of nitrogens with one attached hydrogen (secondary N) is 1. The number of amides is 1. The van der Waals surface area contributed by atoms with E-state index in [0.717, 1.165) is 11.3 Å². The topological polar surface area (TPSA) is 46.9 Å². The van der Waals surface area contributed by atoms with Gasteiger partial charge < -0.3 is 5.32 Å². The molecule has 0 saturated heterocycles. The zero-order chi connectivity index (χ0) is 14.9. The summed E-state index contributed by atoms with van der Waals surface area (Å²) in [6, 6.07) is 5.96. The molecule has 1 amide bonds. The number of hydrogen-bond acceptors (Lipinski definition) is 2. The first kappa shape index (κ1) is 14.2. The number of aromatic nitrogens is 2. The molecule has 2 aromatic rings. The molecule has 20 heavy (non-hydrogen) atoms. The van der Waals surface area contributed by atoms with E-state index in [1.165, 1.54) is 12.1 Å². The number of carbonyl (C=O) groups is 1. The lowest BCUT2D eigenvalue weighted by atomic mass is 10.1. The van der Waals surface area contributed by atoms with E-state index >= 15 is 0 Å². The van der Waals surface area contributed by atoms with Crippen molar-refractivity contribution >= 4 is 5.91 Å². The molecule has 2 rings (SSSR count). The van der Waals surface area contributed by atoms with Crippen molar-refractivity contribution in [1.29, 1.82) is 0 Å². The van der Waals surface area contributed by atoms with Crippen LogP contribution in [0.4, 0.5) is 4.39 Å². The highest BCUT2D eigenvalue weighted by atomic mass is 19.1. The van der Waals surface area contributed by atoms with Crippen molar-refractivity contribution in [3.63, 3.8) is 0 Å². The summed E-state index contributed by atoms with van der Waals surface area (Å²) in [5, 5.41) is 7.10. The molecule has 5 heteroatoms. The first-order chi connectivity index (χ1) is 9.40. The van der Waals surface area contributed by atoms with E-state index in [-0.39, 0.29) is 17.8 Å². The van der Waals surface area contributed by atoms with Gasteiger partial charge in [-0.2, -0.15) is 5.10 Å². The maximum Gasteiger partial charge on any atom is 0.255 e. The number of aryl methyl sites for hydroxylation is 2. The zero-order valence-electron chi connectivity index (χ0n) is 12.1. The lowest BCUT2D eigenvalue weighted by Gasteiger charge is -2.14. The Bertz CT molecular complexity index is 649. The summed E-state index contributed by atoms with van der Waals surface area (Å²) in [6.07, 6.45) is 0. The zero-order valence-corrected chi connectivity index (χ0v) is 12.1. The van der Waals surface area contributed by atoms with Crippen LogP contribution < -0.4 is 5.32 Å². The van der Waals surface area contributed by atoms with Crippen molar-refractivity contribution < 1.29 is 9.18 Å². The molecule has 1 heterocycles. The molecule has 0 unspecified atom stereocenters. The average Bonchev–Trinajstić information content (AvgIpc) is 2.63. The second-order valence-corrected chi connectivity index (χ2v) is 4.92. The summed E-state index contributed by atoms with van der Waals surface area (Å²) >= 11 is 0. The van der Waals surface area contributed by atoms with Crippen molar-refractivity contribution in [2.24, 2.45) is 7.05 Å².